The van der Waals surface area contributed by atoms with Crippen LogP contribution in [-0.4, -0.2) is 25.0 Å². The van der Waals surface area contributed by atoms with Crippen LogP contribution in [0.25, 0.3) is 10.8 Å². The van der Waals surface area contributed by atoms with Crippen molar-refractivity contribution in [2.45, 2.75) is 12.0 Å². The van der Waals surface area contributed by atoms with E-state index in [1.165, 1.54) is 30.6 Å². The molecule has 7 nitrogen and oxygen atoms in total. The molecular formula is C19H14F2N6O. The van der Waals surface area contributed by atoms with Crippen LogP contribution < -0.4 is 10.9 Å². The second-order valence-corrected chi connectivity index (χ2v) is 6.71. The zero-order chi connectivity index (χ0) is 19.4. The van der Waals surface area contributed by atoms with E-state index >= 15 is 0 Å². The van der Waals surface area contributed by atoms with Gasteiger partial charge in [-0.15, -0.1) is 0 Å². The van der Waals surface area contributed by atoms with Gasteiger partial charge >= 0.3 is 0 Å². The molecule has 9 heteroatoms. The van der Waals surface area contributed by atoms with Crippen LogP contribution in [0.1, 0.15) is 29.0 Å². The highest BCUT2D eigenvalue weighted by molar-refractivity contribution is 5.97. The number of aromatic amines is 1. The molecule has 0 amide bonds. The molecule has 2 aromatic carbocycles. The van der Waals surface area contributed by atoms with E-state index < -0.39 is 23.3 Å². The molecule has 0 aliphatic carbocycles. The summed E-state index contributed by atoms with van der Waals surface area (Å²) in [6.45, 7) is 0. The first-order chi connectivity index (χ1) is 13.5. The summed E-state index contributed by atoms with van der Waals surface area (Å²) in [5.74, 6) is -0.716. The van der Waals surface area contributed by atoms with Crippen LogP contribution >= 0.6 is 0 Å². The summed E-state index contributed by atoms with van der Waals surface area (Å²) in [6.07, 6.45) is 1.43. The highest BCUT2D eigenvalue weighted by atomic mass is 19.1. The standard InChI is InChI=1S/C19H14F2N6O/c1-27-18(22-8-23-27)15-16(9-2-4-10(20)5-3-9)24-13-7-11(21)6-12-14(13)17(15)25-26-19(12)28/h2-8,15-16,24H,1H3,(H,26,28)/t15-,16+/m0/s1. The van der Waals surface area contributed by atoms with Crippen molar-refractivity contribution in [2.24, 2.45) is 7.05 Å². The van der Waals surface area contributed by atoms with E-state index in [-0.39, 0.29) is 11.2 Å². The highest BCUT2D eigenvalue weighted by Crippen LogP contribution is 2.45. The fourth-order valence-corrected chi connectivity index (χ4v) is 3.84. The summed E-state index contributed by atoms with van der Waals surface area (Å²) in [7, 11) is 1.76. The lowest BCUT2D eigenvalue weighted by atomic mass is 9.83. The third-order valence-electron chi connectivity index (χ3n) is 5.07. The Labute approximate surface area is 157 Å². The van der Waals surface area contributed by atoms with Crippen molar-refractivity contribution in [3.8, 4) is 0 Å². The Morgan fingerprint density at radius 1 is 1.11 bits per heavy atom. The number of aryl methyl sites for hydroxylation is 1. The fourth-order valence-electron chi connectivity index (χ4n) is 3.84. The lowest BCUT2D eigenvalue weighted by molar-refractivity contribution is 0.562. The maximum Gasteiger partial charge on any atom is 0.272 e. The molecule has 0 radical (unpaired) electrons. The average Bonchev–Trinajstić information content (AvgIpc) is 3.10. The van der Waals surface area contributed by atoms with Crippen molar-refractivity contribution in [3.05, 3.63) is 81.8 Å². The number of nitrogens with one attached hydrogen (secondary N) is 2. The minimum absolute atomic E-state index is 0.206. The Morgan fingerprint density at radius 2 is 1.89 bits per heavy atom. The van der Waals surface area contributed by atoms with Gasteiger partial charge in [0.05, 0.1) is 23.0 Å². The van der Waals surface area contributed by atoms with Gasteiger partial charge in [-0.3, -0.25) is 9.48 Å². The molecule has 2 atom stereocenters. The van der Waals surface area contributed by atoms with Gasteiger partial charge in [0, 0.05) is 18.1 Å². The summed E-state index contributed by atoms with van der Waals surface area (Å²) < 4.78 is 29.2. The number of hydrogen-bond donors (Lipinski definition) is 2. The molecule has 3 heterocycles. The van der Waals surface area contributed by atoms with Crippen molar-refractivity contribution in [3.63, 3.8) is 0 Å². The van der Waals surface area contributed by atoms with E-state index in [9.17, 15) is 13.6 Å². The molecule has 0 spiro atoms. The summed E-state index contributed by atoms with van der Waals surface area (Å²) in [5.41, 5.74) is 1.30. The van der Waals surface area contributed by atoms with Crippen molar-refractivity contribution >= 4 is 16.5 Å². The Morgan fingerprint density at radius 3 is 2.61 bits per heavy atom. The maximum atomic E-state index is 14.1. The van der Waals surface area contributed by atoms with E-state index in [0.29, 0.717) is 22.6 Å². The zero-order valence-electron chi connectivity index (χ0n) is 14.6. The molecule has 0 saturated heterocycles. The van der Waals surface area contributed by atoms with E-state index in [1.54, 1.807) is 23.9 Å². The molecule has 1 aliphatic rings. The van der Waals surface area contributed by atoms with Gasteiger partial charge in [-0.1, -0.05) is 12.1 Å². The summed E-state index contributed by atoms with van der Waals surface area (Å²) in [5, 5.41) is 14.9. The van der Waals surface area contributed by atoms with E-state index in [4.69, 9.17) is 0 Å². The predicted octanol–water partition coefficient (Wildman–Crippen LogP) is 2.63. The Balaban J connectivity index is 1.82. The van der Waals surface area contributed by atoms with Crippen molar-refractivity contribution in [2.75, 3.05) is 5.32 Å². The second-order valence-electron chi connectivity index (χ2n) is 6.71. The topological polar surface area (TPSA) is 88.5 Å². The number of nitrogens with zero attached hydrogens (tertiary/aromatic N) is 4. The molecular weight excluding hydrogens is 366 g/mol. The molecule has 0 bridgehead atoms. The van der Waals surface area contributed by atoms with Crippen molar-refractivity contribution in [1.29, 1.82) is 0 Å². The van der Waals surface area contributed by atoms with Gasteiger partial charge in [0.1, 0.15) is 23.8 Å². The van der Waals surface area contributed by atoms with Gasteiger partial charge in [0.15, 0.2) is 0 Å². The average molecular weight is 380 g/mol. The van der Waals surface area contributed by atoms with E-state index in [0.717, 1.165) is 5.56 Å². The van der Waals surface area contributed by atoms with Crippen LogP contribution in [0.15, 0.2) is 47.5 Å². The number of H-pyrrole nitrogens is 1. The van der Waals surface area contributed by atoms with Crippen LogP contribution in [0, 0.1) is 11.6 Å². The zero-order valence-corrected chi connectivity index (χ0v) is 14.6. The van der Waals surface area contributed by atoms with Gasteiger partial charge in [0.2, 0.25) is 0 Å². The molecule has 1 aliphatic heterocycles. The Bertz CT molecular complexity index is 1260. The lowest BCUT2D eigenvalue weighted by Crippen LogP contribution is -2.30. The number of aromatic nitrogens is 5. The molecule has 0 unspecified atom stereocenters. The first-order valence-electron chi connectivity index (χ1n) is 8.60. The van der Waals surface area contributed by atoms with Crippen LogP contribution in [0.5, 0.6) is 0 Å². The molecule has 4 aromatic rings. The largest absolute Gasteiger partial charge is 0.376 e. The van der Waals surface area contributed by atoms with Crippen LogP contribution in [0.4, 0.5) is 14.5 Å². The van der Waals surface area contributed by atoms with E-state index in [1.807, 2.05) is 0 Å². The van der Waals surface area contributed by atoms with Gasteiger partial charge in [-0.25, -0.2) is 18.9 Å². The summed E-state index contributed by atoms with van der Waals surface area (Å²) >= 11 is 0. The number of rotatable bonds is 2. The summed E-state index contributed by atoms with van der Waals surface area (Å²) in [4.78, 5) is 16.6. The SMILES string of the molecule is Cn1ncnc1[C@@H]1c2n[nH]c(=O)c3cc(F)cc(c23)N[C@@H]1c1ccc(F)cc1. The first-order valence-corrected chi connectivity index (χ1v) is 8.60. The minimum atomic E-state index is -0.535. The molecule has 2 aromatic heterocycles. The minimum Gasteiger partial charge on any atom is -0.376 e. The third kappa shape index (κ3) is 2.39. The molecule has 5 rings (SSSR count). The molecule has 0 fully saturated rings. The Hall–Kier alpha value is -3.62. The molecule has 28 heavy (non-hydrogen) atoms. The smallest absolute Gasteiger partial charge is 0.272 e. The third-order valence-corrected chi connectivity index (χ3v) is 5.07. The van der Waals surface area contributed by atoms with Crippen LogP contribution in [0.2, 0.25) is 0 Å². The van der Waals surface area contributed by atoms with Gasteiger partial charge in [-0.2, -0.15) is 10.2 Å². The van der Waals surface area contributed by atoms with Crippen LogP contribution in [-0.2, 0) is 7.05 Å². The lowest BCUT2D eigenvalue weighted by Gasteiger charge is -2.33. The monoisotopic (exact) mass is 380 g/mol. The van der Waals surface area contributed by atoms with Crippen molar-refractivity contribution < 1.29 is 8.78 Å². The van der Waals surface area contributed by atoms with Crippen LogP contribution in [0.3, 0.4) is 0 Å². The van der Waals surface area contributed by atoms with Gasteiger partial charge in [-0.05, 0) is 29.8 Å². The molecule has 140 valence electrons. The predicted molar refractivity (Wildman–Crippen MR) is 97.9 cm³/mol. The maximum absolute atomic E-state index is 14.1. The quantitative estimate of drug-likeness (QED) is 0.558. The summed E-state index contributed by atoms with van der Waals surface area (Å²) in [6, 6.07) is 8.14. The fraction of sp³-hybridized carbons (Fsp3) is 0.158. The second kappa shape index (κ2) is 5.95. The van der Waals surface area contributed by atoms with E-state index in [2.05, 4.69) is 25.6 Å². The van der Waals surface area contributed by atoms with Gasteiger partial charge < -0.3 is 5.32 Å². The molecule has 2 N–H and O–H groups in total. The number of halogens is 2. The van der Waals surface area contributed by atoms with Gasteiger partial charge in [0.25, 0.3) is 5.56 Å². The molecule has 0 saturated carbocycles. The number of hydrogen-bond acceptors (Lipinski definition) is 5. The highest BCUT2D eigenvalue weighted by Gasteiger charge is 2.37. The number of anilines is 1. The van der Waals surface area contributed by atoms with Crippen molar-refractivity contribution in [1.82, 2.24) is 25.0 Å². The normalized spacial score (nSPS) is 18.2. The Kier molecular flexibility index (Phi) is 3.51. The number of benzene rings is 2. The first kappa shape index (κ1) is 16.5.